The highest BCUT2D eigenvalue weighted by Crippen LogP contribution is 2.15. The van der Waals surface area contributed by atoms with Crippen LogP contribution in [0.2, 0.25) is 0 Å². The summed E-state index contributed by atoms with van der Waals surface area (Å²) in [6.07, 6.45) is 78.5. The van der Waals surface area contributed by atoms with E-state index in [9.17, 15) is 14.4 Å². The molecule has 0 aromatic rings. The summed E-state index contributed by atoms with van der Waals surface area (Å²) in [5.41, 5.74) is 0. The first-order valence-corrected chi connectivity index (χ1v) is 30.7. The number of hydrogen-bond donors (Lipinski definition) is 0. The van der Waals surface area contributed by atoms with Crippen molar-refractivity contribution >= 4 is 17.9 Å². The van der Waals surface area contributed by atoms with Crippen molar-refractivity contribution in [1.29, 1.82) is 0 Å². The number of allylic oxidation sites excluding steroid dienone is 14. The number of hydrogen-bond acceptors (Lipinski definition) is 6. The molecule has 0 saturated carbocycles. The average molecular weight is 1000 g/mol. The van der Waals surface area contributed by atoms with Crippen LogP contribution in [-0.2, 0) is 28.6 Å². The molecule has 0 radical (unpaired) electrons. The van der Waals surface area contributed by atoms with Gasteiger partial charge in [0.1, 0.15) is 13.2 Å². The first-order valence-electron chi connectivity index (χ1n) is 30.7. The van der Waals surface area contributed by atoms with E-state index in [1.54, 1.807) is 0 Å². The lowest BCUT2D eigenvalue weighted by atomic mass is 10.1. The molecule has 6 heteroatoms. The predicted molar refractivity (Wildman–Crippen MR) is 311 cm³/mol. The van der Waals surface area contributed by atoms with Crippen LogP contribution in [0.4, 0.5) is 0 Å². The quantitative estimate of drug-likeness (QED) is 0.0199. The highest BCUT2D eigenvalue weighted by Gasteiger charge is 2.19. The fourth-order valence-corrected chi connectivity index (χ4v) is 8.56. The normalized spacial score (nSPS) is 12.7. The van der Waals surface area contributed by atoms with Gasteiger partial charge in [0.25, 0.3) is 0 Å². The van der Waals surface area contributed by atoms with E-state index < -0.39 is 6.10 Å². The third-order valence-electron chi connectivity index (χ3n) is 13.2. The molecule has 0 aromatic carbocycles. The van der Waals surface area contributed by atoms with E-state index in [-0.39, 0.29) is 31.1 Å². The molecular formula is C66H114O6. The van der Waals surface area contributed by atoms with Gasteiger partial charge in [-0.15, -0.1) is 0 Å². The second-order valence-corrected chi connectivity index (χ2v) is 20.4. The van der Waals surface area contributed by atoms with Gasteiger partial charge in [0.15, 0.2) is 6.10 Å². The average Bonchev–Trinajstić information content (AvgIpc) is 3.38. The second kappa shape index (κ2) is 60.1. The van der Waals surface area contributed by atoms with Gasteiger partial charge < -0.3 is 14.2 Å². The smallest absolute Gasteiger partial charge is 0.306 e. The molecular weight excluding hydrogens is 889 g/mol. The fraction of sp³-hybridized carbons (Fsp3) is 0.742. The molecule has 0 aliphatic rings. The van der Waals surface area contributed by atoms with Crippen molar-refractivity contribution in [3.05, 3.63) is 85.1 Å². The van der Waals surface area contributed by atoms with Crippen LogP contribution < -0.4 is 0 Å². The monoisotopic (exact) mass is 1000 g/mol. The van der Waals surface area contributed by atoms with Crippen LogP contribution in [-0.4, -0.2) is 37.2 Å². The Bertz CT molecular complexity index is 1380. The molecule has 0 bridgehead atoms. The molecule has 1 unspecified atom stereocenters. The van der Waals surface area contributed by atoms with Gasteiger partial charge in [-0.05, 0) is 96.3 Å². The number of unbranched alkanes of at least 4 members (excludes halogenated alkanes) is 34. The third kappa shape index (κ3) is 57.5. The van der Waals surface area contributed by atoms with Gasteiger partial charge in [-0.1, -0.05) is 266 Å². The van der Waals surface area contributed by atoms with Crippen molar-refractivity contribution in [2.24, 2.45) is 0 Å². The molecule has 0 N–H and O–H groups in total. The molecule has 0 spiro atoms. The zero-order valence-electron chi connectivity index (χ0n) is 47.4. The van der Waals surface area contributed by atoms with Crippen molar-refractivity contribution < 1.29 is 28.6 Å². The summed E-state index contributed by atoms with van der Waals surface area (Å²) in [6.45, 7) is 6.59. The van der Waals surface area contributed by atoms with Crippen molar-refractivity contribution in [2.75, 3.05) is 13.2 Å². The Balaban J connectivity index is 4.48. The van der Waals surface area contributed by atoms with Gasteiger partial charge in [0.2, 0.25) is 0 Å². The van der Waals surface area contributed by atoms with Crippen LogP contribution >= 0.6 is 0 Å². The maximum atomic E-state index is 12.9. The molecule has 1 atom stereocenters. The minimum atomic E-state index is -0.801. The molecule has 0 aliphatic heterocycles. The maximum Gasteiger partial charge on any atom is 0.306 e. The molecule has 0 fully saturated rings. The molecule has 0 aromatic heterocycles. The summed E-state index contributed by atoms with van der Waals surface area (Å²) >= 11 is 0. The standard InChI is InChI=1S/C66H114O6/c1-4-7-10-13-16-19-22-25-28-31-34-37-40-43-46-49-52-55-58-64(67)70-61-63(72-66(69)60-57-54-51-48-45-42-39-36-33-30-27-24-21-18-15-12-9-6-3)62-71-65(68)59-56-53-50-47-44-41-38-35-32-29-26-23-20-17-14-11-8-5-2/h22,24-25,27-28,30-31,33-39,63H,4-21,23,26,29,32,40-62H2,1-3H3/b25-22-,27-24-,31-28-,33-30-,37-34-,38-35-,39-36-. The summed E-state index contributed by atoms with van der Waals surface area (Å²) in [7, 11) is 0. The number of esters is 3. The van der Waals surface area contributed by atoms with E-state index in [1.165, 1.54) is 141 Å². The molecule has 6 nitrogen and oxygen atoms in total. The van der Waals surface area contributed by atoms with E-state index in [2.05, 4.69) is 106 Å². The van der Waals surface area contributed by atoms with Gasteiger partial charge in [-0.2, -0.15) is 0 Å². The van der Waals surface area contributed by atoms with Crippen LogP contribution in [0.15, 0.2) is 85.1 Å². The minimum absolute atomic E-state index is 0.0957. The predicted octanol–water partition coefficient (Wildman–Crippen LogP) is 20.7. The first kappa shape index (κ1) is 68.6. The van der Waals surface area contributed by atoms with Gasteiger partial charge in [-0.25, -0.2) is 0 Å². The van der Waals surface area contributed by atoms with Crippen molar-refractivity contribution in [3.8, 4) is 0 Å². The molecule has 72 heavy (non-hydrogen) atoms. The van der Waals surface area contributed by atoms with E-state index in [0.29, 0.717) is 19.3 Å². The largest absolute Gasteiger partial charge is 0.462 e. The Labute approximate surface area is 445 Å². The lowest BCUT2D eigenvalue weighted by molar-refractivity contribution is -0.167. The molecule has 0 saturated heterocycles. The lowest BCUT2D eigenvalue weighted by Gasteiger charge is -2.18. The van der Waals surface area contributed by atoms with Gasteiger partial charge in [-0.3, -0.25) is 14.4 Å². The Kier molecular flexibility index (Phi) is 57.3. The van der Waals surface area contributed by atoms with E-state index in [4.69, 9.17) is 14.2 Å². The summed E-state index contributed by atoms with van der Waals surface area (Å²) in [4.78, 5) is 38.3. The zero-order valence-corrected chi connectivity index (χ0v) is 47.4. The van der Waals surface area contributed by atoms with E-state index in [0.717, 1.165) is 116 Å². The van der Waals surface area contributed by atoms with Crippen LogP contribution in [0.5, 0.6) is 0 Å². The minimum Gasteiger partial charge on any atom is -0.462 e. The first-order chi connectivity index (χ1) is 35.5. The third-order valence-corrected chi connectivity index (χ3v) is 13.2. The maximum absolute atomic E-state index is 12.9. The van der Waals surface area contributed by atoms with Gasteiger partial charge in [0, 0.05) is 19.3 Å². The SMILES string of the molecule is CCCCCCC\C=C/C=C\C=C/CCCCCCCC(=O)OCC(COC(=O)CCCCCCC/C=C\CCCCCCCCCCC)OC(=O)CCCCCCC\C=C/C=C\C=C/CCCCCCC. The van der Waals surface area contributed by atoms with Crippen molar-refractivity contribution in [2.45, 2.75) is 303 Å². The van der Waals surface area contributed by atoms with Crippen molar-refractivity contribution in [3.63, 3.8) is 0 Å². The highest BCUT2D eigenvalue weighted by molar-refractivity contribution is 5.71. The molecule has 0 amide bonds. The van der Waals surface area contributed by atoms with Gasteiger partial charge in [0.05, 0.1) is 0 Å². The molecule has 0 aliphatic carbocycles. The molecule has 414 valence electrons. The summed E-state index contributed by atoms with van der Waals surface area (Å²) < 4.78 is 16.9. The van der Waals surface area contributed by atoms with Crippen LogP contribution in [0, 0.1) is 0 Å². The zero-order chi connectivity index (χ0) is 52.2. The van der Waals surface area contributed by atoms with E-state index in [1.807, 2.05) is 0 Å². The highest BCUT2D eigenvalue weighted by atomic mass is 16.6. The topological polar surface area (TPSA) is 78.9 Å². The Morgan fingerprint density at radius 2 is 0.514 bits per heavy atom. The van der Waals surface area contributed by atoms with Crippen LogP contribution in [0.25, 0.3) is 0 Å². The fourth-order valence-electron chi connectivity index (χ4n) is 8.56. The second-order valence-electron chi connectivity index (χ2n) is 20.4. The summed E-state index contributed by atoms with van der Waals surface area (Å²) in [5.74, 6) is -0.934. The van der Waals surface area contributed by atoms with Crippen molar-refractivity contribution in [1.82, 2.24) is 0 Å². The summed E-state index contributed by atoms with van der Waals surface area (Å²) in [5, 5.41) is 0. The van der Waals surface area contributed by atoms with Crippen LogP contribution in [0.3, 0.4) is 0 Å². The Hall–Kier alpha value is -3.41. The van der Waals surface area contributed by atoms with Gasteiger partial charge >= 0.3 is 17.9 Å². The number of carbonyl (C=O) groups excluding carboxylic acids is 3. The van der Waals surface area contributed by atoms with Crippen LogP contribution in [0.1, 0.15) is 297 Å². The number of ether oxygens (including phenoxy) is 3. The Morgan fingerprint density at radius 3 is 0.806 bits per heavy atom. The molecule has 0 rings (SSSR count). The van der Waals surface area contributed by atoms with E-state index >= 15 is 0 Å². The summed E-state index contributed by atoms with van der Waals surface area (Å²) in [6, 6.07) is 0. The molecule has 0 heterocycles. The Morgan fingerprint density at radius 1 is 0.278 bits per heavy atom. The number of carbonyl (C=O) groups is 3. The number of rotatable bonds is 55. The lowest BCUT2D eigenvalue weighted by Crippen LogP contribution is -2.30.